The topological polar surface area (TPSA) is 49.8 Å². The van der Waals surface area contributed by atoms with E-state index in [4.69, 9.17) is 18.9 Å². The Morgan fingerprint density at radius 3 is 1.92 bits per heavy atom. The predicted molar refractivity (Wildman–Crippen MR) is 98.3 cm³/mol. The van der Waals surface area contributed by atoms with E-state index in [0.29, 0.717) is 17.2 Å². The number of aromatic nitrogens is 1. The molecule has 0 aliphatic rings. The van der Waals surface area contributed by atoms with Gasteiger partial charge in [-0.1, -0.05) is 0 Å². The first-order valence-corrected chi connectivity index (χ1v) is 9.23. The second kappa shape index (κ2) is 7.64. The van der Waals surface area contributed by atoms with Crippen molar-refractivity contribution in [3.05, 3.63) is 42.6 Å². The van der Waals surface area contributed by atoms with Gasteiger partial charge in [0.2, 0.25) is 0 Å². The molecule has 0 saturated heterocycles. The molecule has 0 atom stereocenters. The van der Waals surface area contributed by atoms with E-state index < -0.39 is 0 Å². The Morgan fingerprint density at radius 2 is 1.40 bits per heavy atom. The maximum atomic E-state index is 5.47. The summed E-state index contributed by atoms with van der Waals surface area (Å²) in [6.45, 7) is 0. The van der Waals surface area contributed by atoms with Crippen molar-refractivity contribution < 1.29 is 18.9 Å². The number of methoxy groups -OCH3 is 4. The molecule has 0 bridgehead atoms. The molecule has 2 aromatic carbocycles. The van der Waals surface area contributed by atoms with Gasteiger partial charge in [-0.2, -0.15) is 0 Å². The normalized spacial score (nSPS) is 10.4. The first-order chi connectivity index (χ1) is 12.2. The van der Waals surface area contributed by atoms with Crippen molar-refractivity contribution in [3.63, 3.8) is 0 Å². The van der Waals surface area contributed by atoms with E-state index in [1.165, 1.54) is 4.44 Å². The molecule has 6 heteroatoms. The van der Waals surface area contributed by atoms with Crippen LogP contribution in [-0.4, -0.2) is 47.2 Å². The van der Waals surface area contributed by atoms with Crippen LogP contribution in [0, 0.1) is 0 Å². The Bertz CT molecular complexity index is 833. The average Bonchev–Trinajstić information content (AvgIpc) is 3.16. The summed E-state index contributed by atoms with van der Waals surface area (Å²) in [5.74, 6) is 2.68. The molecule has 0 amide bonds. The van der Waals surface area contributed by atoms with Gasteiger partial charge in [-0.15, -0.1) is 0 Å². The molecule has 0 spiro atoms. The maximum absolute atomic E-state index is 5.47. The van der Waals surface area contributed by atoms with Crippen molar-refractivity contribution in [2.75, 3.05) is 28.4 Å². The second-order valence-electron chi connectivity index (χ2n) is 5.21. The average molecular weight is 404 g/mol. The molecular weight excluding hydrogens is 385 g/mol. The van der Waals surface area contributed by atoms with E-state index in [9.17, 15) is 0 Å². The third-order valence-corrected chi connectivity index (χ3v) is 5.68. The summed E-state index contributed by atoms with van der Waals surface area (Å²) < 4.78 is 27.3. The van der Waals surface area contributed by atoms with Crippen LogP contribution in [0.25, 0.3) is 21.1 Å². The number of rotatable bonds is 6. The van der Waals surface area contributed by atoms with Gasteiger partial charge in [0, 0.05) is 0 Å². The van der Waals surface area contributed by atoms with Gasteiger partial charge >= 0.3 is 153 Å². The van der Waals surface area contributed by atoms with Gasteiger partial charge in [0.05, 0.1) is 0 Å². The van der Waals surface area contributed by atoms with Gasteiger partial charge in [0.15, 0.2) is 0 Å². The number of benzene rings is 2. The molecule has 5 nitrogen and oxygen atoms in total. The Morgan fingerprint density at radius 1 is 0.760 bits per heavy atom. The monoisotopic (exact) mass is 405 g/mol. The van der Waals surface area contributed by atoms with Crippen molar-refractivity contribution in [3.8, 4) is 44.1 Å². The van der Waals surface area contributed by atoms with E-state index >= 15 is 0 Å². The number of hydrogen-bond donors (Lipinski definition) is 0. The number of nitrogens with zero attached hydrogens (tertiary/aromatic N) is 1. The molecule has 0 unspecified atom stereocenters. The van der Waals surface area contributed by atoms with Crippen LogP contribution in [0.1, 0.15) is 0 Å². The van der Waals surface area contributed by atoms with Crippen molar-refractivity contribution in [1.82, 2.24) is 3.98 Å². The second-order valence-corrected chi connectivity index (χ2v) is 6.89. The van der Waals surface area contributed by atoms with E-state index in [1.807, 2.05) is 30.5 Å². The van der Waals surface area contributed by atoms with Gasteiger partial charge in [-0.3, -0.25) is 0 Å². The molecule has 25 heavy (non-hydrogen) atoms. The van der Waals surface area contributed by atoms with Crippen LogP contribution in [0.5, 0.6) is 23.0 Å². The third kappa shape index (κ3) is 3.36. The molecule has 1 heterocycles. The standard InChI is InChI=1S/C19H19NO4Se/c1-21-14-7-5-12(6-8-14)19-15(11-20-25-19)13-9-16(22-2)18(24-4)17(10-13)23-3/h5-11H,1-4H3. The summed E-state index contributed by atoms with van der Waals surface area (Å²) in [5, 5.41) is 0. The fourth-order valence-electron chi connectivity index (χ4n) is 2.63. The van der Waals surface area contributed by atoms with E-state index in [-0.39, 0.29) is 14.7 Å². The molecule has 3 rings (SSSR count). The molecular formula is C19H19NO4Se. The van der Waals surface area contributed by atoms with Crippen LogP contribution in [0.4, 0.5) is 0 Å². The van der Waals surface area contributed by atoms with E-state index in [0.717, 1.165) is 22.4 Å². The van der Waals surface area contributed by atoms with Crippen molar-refractivity contribution in [2.24, 2.45) is 0 Å². The Hall–Kier alpha value is -2.43. The zero-order valence-corrected chi connectivity index (χ0v) is 16.2. The fourth-order valence-corrected chi connectivity index (χ4v) is 4.26. The predicted octanol–water partition coefficient (Wildman–Crippen LogP) is 3.51. The summed E-state index contributed by atoms with van der Waals surface area (Å²) in [6.07, 6.45) is 1.92. The van der Waals surface area contributed by atoms with Gasteiger partial charge in [-0.25, -0.2) is 0 Å². The van der Waals surface area contributed by atoms with Crippen molar-refractivity contribution in [2.45, 2.75) is 0 Å². The molecule has 0 aliphatic heterocycles. The van der Waals surface area contributed by atoms with E-state index in [2.05, 4.69) is 16.1 Å². The van der Waals surface area contributed by atoms with Crippen LogP contribution in [0.3, 0.4) is 0 Å². The molecule has 0 radical (unpaired) electrons. The van der Waals surface area contributed by atoms with Gasteiger partial charge in [0.1, 0.15) is 0 Å². The quantitative estimate of drug-likeness (QED) is 0.589. The minimum absolute atomic E-state index is 0.0321. The molecule has 0 saturated carbocycles. The number of hydrogen-bond acceptors (Lipinski definition) is 5. The molecule has 0 N–H and O–H groups in total. The van der Waals surface area contributed by atoms with Gasteiger partial charge < -0.3 is 0 Å². The summed E-state index contributed by atoms with van der Waals surface area (Å²) in [6, 6.07) is 11.9. The van der Waals surface area contributed by atoms with Crippen LogP contribution in [0.2, 0.25) is 0 Å². The molecule has 0 fully saturated rings. The first-order valence-electron chi connectivity index (χ1n) is 7.61. The van der Waals surface area contributed by atoms with Crippen LogP contribution >= 0.6 is 0 Å². The summed E-state index contributed by atoms with van der Waals surface area (Å²) in [5.41, 5.74) is 3.20. The Kier molecular flexibility index (Phi) is 5.31. The summed E-state index contributed by atoms with van der Waals surface area (Å²) in [4.78, 5) is 0. The third-order valence-electron chi connectivity index (χ3n) is 3.90. The first kappa shape index (κ1) is 17.4. The van der Waals surface area contributed by atoms with Crippen molar-refractivity contribution >= 4 is 14.7 Å². The zero-order chi connectivity index (χ0) is 17.8. The number of ether oxygens (including phenoxy) is 4. The molecule has 3 aromatic rings. The summed E-state index contributed by atoms with van der Waals surface area (Å²) >= 11 is 0.0321. The summed E-state index contributed by atoms with van der Waals surface area (Å²) in [7, 11) is 6.50. The van der Waals surface area contributed by atoms with E-state index in [1.54, 1.807) is 28.4 Å². The Balaban J connectivity index is 2.10. The molecule has 130 valence electrons. The molecule has 1 aromatic heterocycles. The fraction of sp³-hybridized carbons (Fsp3) is 0.211. The molecule has 0 aliphatic carbocycles. The van der Waals surface area contributed by atoms with Crippen LogP contribution in [0.15, 0.2) is 42.6 Å². The van der Waals surface area contributed by atoms with Crippen molar-refractivity contribution in [1.29, 1.82) is 0 Å². The van der Waals surface area contributed by atoms with Crippen LogP contribution < -0.4 is 18.9 Å². The van der Waals surface area contributed by atoms with Crippen LogP contribution in [-0.2, 0) is 0 Å². The van der Waals surface area contributed by atoms with Gasteiger partial charge in [0.25, 0.3) is 0 Å². The Labute approximate surface area is 153 Å². The minimum atomic E-state index is 0.0321. The SMILES string of the molecule is COc1ccc(-c2[se]ncc2-c2cc(OC)c(OC)c(OC)c2)cc1. The van der Waals surface area contributed by atoms with Gasteiger partial charge in [-0.05, 0) is 0 Å². The zero-order valence-electron chi connectivity index (χ0n) is 14.5.